The standard InChI is InChI=1S/C11H15F2N3O2/c1-6-5-18-7(4-17)3-16(6)11-9(13)2-8(12)10(14)15-11/h2,6-7,17H,3-5H2,1H3,(H2,14,15). The number of aliphatic hydroxyl groups is 1. The molecule has 2 rings (SSSR count). The number of rotatable bonds is 2. The molecule has 0 spiro atoms. The van der Waals surface area contributed by atoms with Crippen molar-refractivity contribution in [2.24, 2.45) is 0 Å². The van der Waals surface area contributed by atoms with Gasteiger partial charge in [0, 0.05) is 12.6 Å². The number of nitrogen functional groups attached to an aromatic ring is 1. The van der Waals surface area contributed by atoms with E-state index < -0.39 is 17.7 Å². The van der Waals surface area contributed by atoms with Gasteiger partial charge >= 0.3 is 0 Å². The van der Waals surface area contributed by atoms with Crippen molar-refractivity contribution in [3.8, 4) is 0 Å². The van der Waals surface area contributed by atoms with Gasteiger partial charge in [0.25, 0.3) is 0 Å². The van der Waals surface area contributed by atoms with Crippen LogP contribution in [-0.4, -0.2) is 42.0 Å². The van der Waals surface area contributed by atoms with Gasteiger partial charge in [-0.2, -0.15) is 0 Å². The average Bonchev–Trinajstić information content (AvgIpc) is 2.35. The smallest absolute Gasteiger partial charge is 0.168 e. The molecule has 2 unspecified atom stereocenters. The van der Waals surface area contributed by atoms with Crippen LogP contribution in [0, 0.1) is 11.6 Å². The molecule has 2 atom stereocenters. The Bertz CT molecular complexity index is 445. The Morgan fingerprint density at radius 1 is 1.56 bits per heavy atom. The first-order chi connectivity index (χ1) is 8.52. The molecule has 1 saturated heterocycles. The maximum absolute atomic E-state index is 13.7. The normalized spacial score (nSPS) is 24.3. The zero-order chi connectivity index (χ0) is 13.3. The topological polar surface area (TPSA) is 71.6 Å². The summed E-state index contributed by atoms with van der Waals surface area (Å²) < 4.78 is 32.1. The summed E-state index contributed by atoms with van der Waals surface area (Å²) >= 11 is 0. The monoisotopic (exact) mass is 259 g/mol. The van der Waals surface area contributed by atoms with Crippen molar-refractivity contribution in [2.75, 3.05) is 30.4 Å². The lowest BCUT2D eigenvalue weighted by atomic mass is 10.2. The molecule has 1 aliphatic rings. The van der Waals surface area contributed by atoms with Crippen LogP contribution in [0.25, 0.3) is 0 Å². The van der Waals surface area contributed by atoms with Gasteiger partial charge in [-0.1, -0.05) is 0 Å². The second kappa shape index (κ2) is 5.03. The molecule has 1 aliphatic heterocycles. The van der Waals surface area contributed by atoms with Crippen molar-refractivity contribution in [3.05, 3.63) is 17.7 Å². The van der Waals surface area contributed by atoms with Crippen molar-refractivity contribution in [3.63, 3.8) is 0 Å². The highest BCUT2D eigenvalue weighted by Gasteiger charge is 2.29. The largest absolute Gasteiger partial charge is 0.394 e. The number of ether oxygens (including phenoxy) is 1. The fourth-order valence-electron chi connectivity index (χ4n) is 1.90. The molecule has 1 aromatic heterocycles. The van der Waals surface area contributed by atoms with Crippen molar-refractivity contribution in [1.29, 1.82) is 0 Å². The molecule has 0 radical (unpaired) electrons. The molecule has 0 aliphatic carbocycles. The molecule has 7 heteroatoms. The summed E-state index contributed by atoms with van der Waals surface area (Å²) in [6.45, 7) is 2.28. The molecule has 0 aromatic carbocycles. The van der Waals surface area contributed by atoms with E-state index in [1.165, 1.54) is 0 Å². The maximum atomic E-state index is 13.7. The molecule has 0 bridgehead atoms. The van der Waals surface area contributed by atoms with Crippen LogP contribution in [-0.2, 0) is 4.74 Å². The first-order valence-corrected chi connectivity index (χ1v) is 5.63. The fourth-order valence-corrected chi connectivity index (χ4v) is 1.90. The minimum atomic E-state index is -0.879. The van der Waals surface area contributed by atoms with Crippen LogP contribution in [0.1, 0.15) is 6.92 Å². The first-order valence-electron chi connectivity index (χ1n) is 5.63. The Hall–Kier alpha value is -1.47. The predicted molar refractivity (Wildman–Crippen MR) is 62.2 cm³/mol. The zero-order valence-corrected chi connectivity index (χ0v) is 9.94. The number of aliphatic hydroxyl groups excluding tert-OH is 1. The summed E-state index contributed by atoms with van der Waals surface area (Å²) in [7, 11) is 0. The minimum Gasteiger partial charge on any atom is -0.394 e. The summed E-state index contributed by atoms with van der Waals surface area (Å²) in [5, 5.41) is 9.06. The lowest BCUT2D eigenvalue weighted by molar-refractivity contribution is -0.0107. The molecule has 0 amide bonds. The van der Waals surface area contributed by atoms with Crippen LogP contribution in [0.2, 0.25) is 0 Å². The Labute approximate surface area is 103 Å². The summed E-state index contributed by atoms with van der Waals surface area (Å²) in [4.78, 5) is 5.35. The molecule has 2 heterocycles. The van der Waals surface area contributed by atoms with Gasteiger partial charge in [0.15, 0.2) is 23.3 Å². The number of aromatic nitrogens is 1. The maximum Gasteiger partial charge on any atom is 0.168 e. The van der Waals surface area contributed by atoms with Crippen LogP contribution in [0.5, 0.6) is 0 Å². The first kappa shape index (κ1) is 13.0. The van der Waals surface area contributed by atoms with E-state index in [1.54, 1.807) is 4.90 Å². The van der Waals surface area contributed by atoms with Crippen LogP contribution in [0.15, 0.2) is 6.07 Å². The summed E-state index contributed by atoms with van der Waals surface area (Å²) in [5.41, 5.74) is 5.35. The summed E-state index contributed by atoms with van der Waals surface area (Å²) in [5.74, 6) is -2.00. The number of hydrogen-bond acceptors (Lipinski definition) is 5. The Kier molecular flexibility index (Phi) is 3.63. The van der Waals surface area contributed by atoms with E-state index in [4.69, 9.17) is 15.6 Å². The van der Waals surface area contributed by atoms with Gasteiger partial charge in [-0.25, -0.2) is 13.8 Å². The quantitative estimate of drug-likeness (QED) is 0.810. The molecule has 1 fully saturated rings. The molecule has 3 N–H and O–H groups in total. The lowest BCUT2D eigenvalue weighted by Gasteiger charge is -2.38. The van der Waals surface area contributed by atoms with Gasteiger partial charge in [0.2, 0.25) is 0 Å². The minimum absolute atomic E-state index is 0.0110. The third kappa shape index (κ3) is 2.37. The van der Waals surface area contributed by atoms with Gasteiger partial charge in [0.1, 0.15) is 0 Å². The van der Waals surface area contributed by atoms with Gasteiger partial charge in [-0.3, -0.25) is 0 Å². The number of anilines is 2. The molecule has 18 heavy (non-hydrogen) atoms. The molecular weight excluding hydrogens is 244 g/mol. The van der Waals surface area contributed by atoms with E-state index in [2.05, 4.69) is 4.98 Å². The van der Waals surface area contributed by atoms with Gasteiger partial charge in [-0.15, -0.1) is 0 Å². The third-order valence-corrected chi connectivity index (χ3v) is 2.92. The van der Waals surface area contributed by atoms with Gasteiger partial charge in [-0.05, 0) is 6.92 Å². The van der Waals surface area contributed by atoms with Crippen molar-refractivity contribution >= 4 is 11.6 Å². The third-order valence-electron chi connectivity index (χ3n) is 2.92. The number of hydrogen-bond donors (Lipinski definition) is 2. The Morgan fingerprint density at radius 3 is 2.94 bits per heavy atom. The van der Waals surface area contributed by atoms with Crippen LogP contribution >= 0.6 is 0 Å². The molecule has 100 valence electrons. The number of pyridine rings is 1. The molecule has 1 aromatic rings. The fraction of sp³-hybridized carbons (Fsp3) is 0.545. The van der Waals surface area contributed by atoms with E-state index in [1.807, 2.05) is 6.92 Å². The summed E-state index contributed by atoms with van der Waals surface area (Å²) in [6, 6.07) is 0.591. The summed E-state index contributed by atoms with van der Waals surface area (Å²) in [6.07, 6.45) is -0.409. The van der Waals surface area contributed by atoms with Crippen LogP contribution in [0.4, 0.5) is 20.4 Å². The van der Waals surface area contributed by atoms with E-state index in [-0.39, 0.29) is 30.8 Å². The number of nitrogens with zero attached hydrogens (tertiary/aromatic N) is 2. The van der Waals surface area contributed by atoms with E-state index in [0.717, 1.165) is 0 Å². The van der Waals surface area contributed by atoms with Crippen molar-refractivity contribution in [1.82, 2.24) is 4.98 Å². The Morgan fingerprint density at radius 2 is 2.28 bits per heavy atom. The van der Waals surface area contributed by atoms with E-state index >= 15 is 0 Å². The lowest BCUT2D eigenvalue weighted by Crippen LogP contribution is -2.50. The van der Waals surface area contributed by atoms with Crippen molar-refractivity contribution < 1.29 is 18.6 Å². The highest BCUT2D eigenvalue weighted by Crippen LogP contribution is 2.25. The number of nitrogens with two attached hydrogens (primary N) is 1. The SMILES string of the molecule is CC1COC(CO)CN1c1nc(N)c(F)cc1F. The molecular formula is C11H15F2N3O2. The molecule has 5 nitrogen and oxygen atoms in total. The Balaban J connectivity index is 2.31. The second-order valence-electron chi connectivity index (χ2n) is 4.30. The van der Waals surface area contributed by atoms with Crippen LogP contribution in [0.3, 0.4) is 0 Å². The van der Waals surface area contributed by atoms with Gasteiger partial charge in [0.05, 0.1) is 25.4 Å². The number of morpholine rings is 1. The number of halogens is 2. The highest BCUT2D eigenvalue weighted by molar-refractivity contribution is 5.48. The van der Waals surface area contributed by atoms with Crippen LogP contribution < -0.4 is 10.6 Å². The van der Waals surface area contributed by atoms with Gasteiger partial charge < -0.3 is 20.5 Å². The highest BCUT2D eigenvalue weighted by atomic mass is 19.1. The second-order valence-corrected chi connectivity index (χ2v) is 4.30. The molecule has 0 saturated carbocycles. The zero-order valence-electron chi connectivity index (χ0n) is 9.94. The average molecular weight is 259 g/mol. The van der Waals surface area contributed by atoms with E-state index in [0.29, 0.717) is 12.7 Å². The van der Waals surface area contributed by atoms with E-state index in [9.17, 15) is 8.78 Å². The van der Waals surface area contributed by atoms with Crippen molar-refractivity contribution in [2.45, 2.75) is 19.1 Å². The predicted octanol–water partition coefficient (Wildman–Crippen LogP) is 0.528.